The number of amides is 2. The van der Waals surface area contributed by atoms with Crippen molar-refractivity contribution in [2.24, 2.45) is 0 Å². The van der Waals surface area contributed by atoms with Gasteiger partial charge in [0.05, 0.1) is 5.69 Å². The van der Waals surface area contributed by atoms with Gasteiger partial charge in [-0.1, -0.05) is 11.6 Å². The number of benzene rings is 1. The van der Waals surface area contributed by atoms with Crippen molar-refractivity contribution in [3.8, 4) is 0 Å². The van der Waals surface area contributed by atoms with Crippen LogP contribution in [0.1, 0.15) is 0 Å². The molecule has 1 aromatic carbocycles. The van der Waals surface area contributed by atoms with Crippen LogP contribution >= 0.6 is 23.8 Å². The van der Waals surface area contributed by atoms with Crippen molar-refractivity contribution in [1.29, 1.82) is 0 Å². The van der Waals surface area contributed by atoms with Gasteiger partial charge in [-0.25, -0.2) is 0 Å². The van der Waals surface area contributed by atoms with Gasteiger partial charge >= 0.3 is 6.18 Å². The van der Waals surface area contributed by atoms with Gasteiger partial charge < -0.3 is 5.48 Å². The second-order valence-electron chi connectivity index (χ2n) is 3.98. The lowest BCUT2D eigenvalue weighted by Gasteiger charge is -2.29. The number of alkyl halides is 3. The number of allylic oxidation sites excluding steroid dienone is 1. The summed E-state index contributed by atoms with van der Waals surface area (Å²) in [6.45, 7) is 0. The monoisotopic (exact) mass is 352 g/mol. The highest BCUT2D eigenvalue weighted by Gasteiger charge is 2.38. The average molecular weight is 353 g/mol. The molecule has 22 heavy (non-hydrogen) atoms. The molecule has 0 radical (unpaired) electrons. The lowest BCUT2D eigenvalue weighted by Crippen LogP contribution is -2.54. The third-order valence-electron chi connectivity index (χ3n) is 2.49. The smallest absolute Gasteiger partial charge is 0.410 e. The van der Waals surface area contributed by atoms with E-state index in [2.05, 4.69) is 0 Å². The predicted octanol–water partition coefficient (Wildman–Crippen LogP) is 1.75. The van der Waals surface area contributed by atoms with Gasteiger partial charge in [-0.2, -0.15) is 13.2 Å². The van der Waals surface area contributed by atoms with Crippen LogP contribution in [0.25, 0.3) is 0 Å². The van der Waals surface area contributed by atoms with Crippen molar-refractivity contribution in [3.05, 3.63) is 40.9 Å². The molecular weight excluding hydrogens is 345 g/mol. The number of halogens is 4. The Bertz CT molecular complexity index is 659. The zero-order valence-electron chi connectivity index (χ0n) is 10.6. The molecule has 10 heteroatoms. The SMILES string of the molecule is O.O=C1NC(=S)N(c2ccc(Cl)cc2)C(=O)/C1=C\C(F)(F)F. The average Bonchev–Trinajstić information content (AvgIpc) is 2.35. The van der Waals surface area contributed by atoms with E-state index in [1.165, 1.54) is 24.3 Å². The summed E-state index contributed by atoms with van der Waals surface area (Å²) < 4.78 is 37.2. The lowest BCUT2D eigenvalue weighted by molar-refractivity contribution is -0.123. The first-order valence-electron chi connectivity index (χ1n) is 5.44. The Balaban J connectivity index is 0.00000242. The molecule has 0 spiro atoms. The molecule has 3 N–H and O–H groups in total. The van der Waals surface area contributed by atoms with Gasteiger partial charge in [0, 0.05) is 11.1 Å². The minimum atomic E-state index is -4.80. The van der Waals surface area contributed by atoms with Crippen LogP contribution in [0, 0.1) is 0 Å². The summed E-state index contributed by atoms with van der Waals surface area (Å²) >= 11 is 10.5. The highest BCUT2D eigenvalue weighted by molar-refractivity contribution is 7.80. The Hall–Kier alpha value is -1.97. The van der Waals surface area contributed by atoms with Crippen LogP contribution < -0.4 is 10.2 Å². The Morgan fingerprint density at radius 3 is 2.23 bits per heavy atom. The fraction of sp³-hybridized carbons (Fsp3) is 0.0833. The van der Waals surface area contributed by atoms with Crippen molar-refractivity contribution in [3.63, 3.8) is 0 Å². The number of anilines is 1. The van der Waals surface area contributed by atoms with Gasteiger partial charge in [0.1, 0.15) is 5.57 Å². The Kier molecular flexibility index (Phi) is 5.28. The first-order valence-corrected chi connectivity index (χ1v) is 6.22. The molecular formula is C12H8ClF3N2O3S. The van der Waals surface area contributed by atoms with E-state index in [0.29, 0.717) is 5.02 Å². The Morgan fingerprint density at radius 1 is 1.18 bits per heavy atom. The minimum Gasteiger partial charge on any atom is -0.412 e. The molecule has 0 aliphatic carbocycles. The molecule has 1 aliphatic rings. The summed E-state index contributed by atoms with van der Waals surface area (Å²) in [6.07, 6.45) is -5.15. The van der Waals surface area contributed by atoms with Gasteiger partial charge in [-0.15, -0.1) is 0 Å². The van der Waals surface area contributed by atoms with Crippen LogP contribution in [0.4, 0.5) is 18.9 Å². The van der Waals surface area contributed by atoms with Crippen molar-refractivity contribution in [2.45, 2.75) is 6.18 Å². The standard InChI is InChI=1S/C12H6ClF3N2O2S.H2O/c13-6-1-3-7(4-2-6)18-10(20)8(5-12(14,15)16)9(19)17-11(18)21;/h1-5H,(H,17,19,21);1H2/b8-5-;. The van der Waals surface area contributed by atoms with Crippen LogP contribution in [-0.2, 0) is 9.59 Å². The number of nitrogens with zero attached hydrogens (tertiary/aromatic N) is 1. The molecule has 2 rings (SSSR count). The normalized spacial score (nSPS) is 17.4. The minimum absolute atomic E-state index is 0. The van der Waals surface area contributed by atoms with Crippen molar-refractivity contribution in [2.75, 3.05) is 4.90 Å². The summed E-state index contributed by atoms with van der Waals surface area (Å²) in [6, 6.07) is 5.68. The molecule has 118 valence electrons. The number of carbonyl (C=O) groups excluding carboxylic acids is 2. The molecule has 1 aliphatic heterocycles. The summed E-state index contributed by atoms with van der Waals surface area (Å²) in [5.41, 5.74) is -0.839. The molecule has 0 atom stereocenters. The largest absolute Gasteiger partial charge is 0.412 e. The highest BCUT2D eigenvalue weighted by atomic mass is 35.5. The van der Waals surface area contributed by atoms with E-state index >= 15 is 0 Å². The predicted molar refractivity (Wildman–Crippen MR) is 77.4 cm³/mol. The molecule has 0 bridgehead atoms. The molecule has 1 aromatic rings. The maximum atomic E-state index is 12.4. The number of hydrogen-bond donors (Lipinski definition) is 1. The number of thiocarbonyl (C=S) groups is 1. The van der Waals surface area contributed by atoms with E-state index in [1.807, 2.05) is 5.32 Å². The fourth-order valence-corrected chi connectivity index (χ4v) is 2.05. The molecule has 0 unspecified atom stereocenters. The van der Waals surface area contributed by atoms with Crippen LogP contribution in [0.15, 0.2) is 35.9 Å². The molecule has 0 aromatic heterocycles. The fourth-order valence-electron chi connectivity index (χ4n) is 1.65. The Morgan fingerprint density at radius 2 is 1.73 bits per heavy atom. The van der Waals surface area contributed by atoms with Gasteiger partial charge in [-0.3, -0.25) is 19.8 Å². The summed E-state index contributed by atoms with van der Waals surface area (Å²) in [7, 11) is 0. The highest BCUT2D eigenvalue weighted by Crippen LogP contribution is 2.25. The van der Waals surface area contributed by atoms with Crippen LogP contribution in [0.3, 0.4) is 0 Å². The summed E-state index contributed by atoms with van der Waals surface area (Å²) in [4.78, 5) is 24.4. The topological polar surface area (TPSA) is 80.9 Å². The third-order valence-corrected chi connectivity index (χ3v) is 3.03. The molecule has 1 heterocycles. The van der Waals surface area contributed by atoms with E-state index in [4.69, 9.17) is 23.8 Å². The van der Waals surface area contributed by atoms with E-state index in [0.717, 1.165) is 4.90 Å². The molecule has 1 saturated heterocycles. The van der Waals surface area contributed by atoms with E-state index < -0.39 is 23.6 Å². The van der Waals surface area contributed by atoms with Gasteiger partial charge in [0.15, 0.2) is 5.11 Å². The van der Waals surface area contributed by atoms with Crippen molar-refractivity contribution >= 4 is 46.4 Å². The molecule has 0 saturated carbocycles. The quantitative estimate of drug-likeness (QED) is 0.475. The molecule has 2 amide bonds. The Labute approximate surface area is 132 Å². The number of nitrogens with one attached hydrogen (secondary N) is 1. The third kappa shape index (κ3) is 3.81. The van der Waals surface area contributed by atoms with Gasteiger partial charge in [0.25, 0.3) is 11.8 Å². The van der Waals surface area contributed by atoms with Crippen LogP contribution in [-0.4, -0.2) is 28.6 Å². The zero-order chi connectivity index (χ0) is 15.8. The molecule has 5 nitrogen and oxygen atoms in total. The zero-order valence-corrected chi connectivity index (χ0v) is 12.1. The molecule has 1 fully saturated rings. The second-order valence-corrected chi connectivity index (χ2v) is 4.80. The van der Waals surface area contributed by atoms with Crippen LogP contribution in [0.2, 0.25) is 5.02 Å². The number of carbonyl (C=O) groups is 2. The first kappa shape index (κ1) is 18.1. The van der Waals surface area contributed by atoms with E-state index in [9.17, 15) is 22.8 Å². The summed E-state index contributed by atoms with van der Waals surface area (Å²) in [5, 5.41) is 2.12. The number of hydrogen-bond acceptors (Lipinski definition) is 3. The van der Waals surface area contributed by atoms with Gasteiger partial charge in [-0.05, 0) is 36.5 Å². The lowest BCUT2D eigenvalue weighted by atomic mass is 10.1. The van der Waals surface area contributed by atoms with Crippen LogP contribution in [0.5, 0.6) is 0 Å². The van der Waals surface area contributed by atoms with E-state index in [1.54, 1.807) is 0 Å². The first-order chi connectivity index (χ1) is 9.69. The maximum absolute atomic E-state index is 12.4. The number of rotatable bonds is 1. The summed E-state index contributed by atoms with van der Waals surface area (Å²) in [5.74, 6) is -2.34. The van der Waals surface area contributed by atoms with Gasteiger partial charge in [0.2, 0.25) is 0 Å². The van der Waals surface area contributed by atoms with E-state index in [-0.39, 0.29) is 22.4 Å². The van der Waals surface area contributed by atoms with Crippen molar-refractivity contribution < 1.29 is 28.2 Å². The maximum Gasteiger partial charge on any atom is 0.410 e. The van der Waals surface area contributed by atoms with Crippen molar-refractivity contribution in [1.82, 2.24) is 5.32 Å². The second kappa shape index (κ2) is 6.42.